The van der Waals surface area contributed by atoms with Crippen LogP contribution < -0.4 is 5.11 Å². The van der Waals surface area contributed by atoms with Crippen molar-refractivity contribution in [1.29, 1.82) is 0 Å². The molecular weight excluding hydrogens is 923 g/mol. The highest BCUT2D eigenvalue weighted by atomic mass is 16.7. The van der Waals surface area contributed by atoms with Crippen molar-refractivity contribution in [3.63, 3.8) is 0 Å². The molecule has 0 bridgehead atoms. The summed E-state index contributed by atoms with van der Waals surface area (Å²) < 4.78 is 22.7. The molecule has 9 nitrogen and oxygen atoms in total. The van der Waals surface area contributed by atoms with Crippen molar-refractivity contribution in [2.24, 2.45) is 0 Å². The molecule has 74 heavy (non-hydrogen) atoms. The van der Waals surface area contributed by atoms with Gasteiger partial charge in [-0.25, -0.2) is 0 Å². The molecule has 0 aromatic heterocycles. The first kappa shape index (κ1) is 71.2. The number of hydrogen-bond acceptors (Lipinski definition) is 8. The molecule has 0 amide bonds. The molecule has 0 fully saturated rings. The van der Waals surface area contributed by atoms with E-state index in [1.54, 1.807) is 0 Å². The molecule has 9 heteroatoms. The molecule has 0 rings (SSSR count). The zero-order chi connectivity index (χ0) is 54.1. The predicted molar refractivity (Wildman–Crippen MR) is 311 cm³/mol. The quantitative estimate of drug-likeness (QED) is 0.0195. The first-order valence-electron chi connectivity index (χ1n) is 31.3. The summed E-state index contributed by atoms with van der Waals surface area (Å²) >= 11 is 0. The Hall–Kier alpha value is -2.75. The summed E-state index contributed by atoms with van der Waals surface area (Å²) in [6.45, 7) is 4.76. The Balaban J connectivity index is 4.14. The Morgan fingerprint density at radius 3 is 1.09 bits per heavy atom. The lowest BCUT2D eigenvalue weighted by molar-refractivity contribution is -0.870. The highest BCUT2D eigenvalue weighted by molar-refractivity contribution is 5.70. The van der Waals surface area contributed by atoms with E-state index in [0.29, 0.717) is 17.4 Å². The fourth-order valence-corrected chi connectivity index (χ4v) is 8.95. The molecule has 2 unspecified atom stereocenters. The molecule has 0 spiro atoms. The number of unbranched alkanes of at least 4 members (excludes halogenated alkanes) is 35. The normalized spacial score (nSPS) is 13.0. The lowest BCUT2D eigenvalue weighted by Gasteiger charge is -2.26. The van der Waals surface area contributed by atoms with E-state index in [1.807, 2.05) is 21.1 Å². The van der Waals surface area contributed by atoms with Crippen molar-refractivity contribution < 1.29 is 42.9 Å². The number of esters is 2. The van der Waals surface area contributed by atoms with Crippen LogP contribution in [0, 0.1) is 0 Å². The van der Waals surface area contributed by atoms with Crippen LogP contribution in [0.4, 0.5) is 0 Å². The maximum absolute atomic E-state index is 12.9. The minimum absolute atomic E-state index is 0.148. The standard InChI is InChI=1S/C65H119NO8/c1-6-8-10-12-14-16-18-20-22-24-26-27-28-29-30-31-32-33-34-35-36-37-38-40-42-44-46-48-50-52-54-56-63(68)74-61(60-73-65(64(69)70)71-58-57-66(3,4)5)59-72-62(67)55-53-51-49-47-45-43-41-39-25-23-21-19-17-15-13-11-9-7-2/h18,20,23-26,28-29,61,65H,6-17,19,21-22,27,30-60H2,1-5H3/b20-18-,25-23-,26-24-,29-28-. The van der Waals surface area contributed by atoms with Gasteiger partial charge in [-0.1, -0.05) is 249 Å². The maximum atomic E-state index is 12.9. The summed E-state index contributed by atoms with van der Waals surface area (Å²) in [5, 5.41) is 11.8. The highest BCUT2D eigenvalue weighted by Gasteiger charge is 2.22. The number of nitrogens with zero attached hydrogens (tertiary/aromatic N) is 1. The van der Waals surface area contributed by atoms with Crippen LogP contribution in [0.25, 0.3) is 0 Å². The Bertz CT molecular complexity index is 1350. The summed E-state index contributed by atoms with van der Waals surface area (Å²) in [5.41, 5.74) is 0. The first-order valence-corrected chi connectivity index (χ1v) is 31.3. The van der Waals surface area contributed by atoms with Gasteiger partial charge in [0.15, 0.2) is 12.4 Å². The minimum Gasteiger partial charge on any atom is -0.545 e. The van der Waals surface area contributed by atoms with Gasteiger partial charge in [0, 0.05) is 12.8 Å². The van der Waals surface area contributed by atoms with E-state index < -0.39 is 24.3 Å². The van der Waals surface area contributed by atoms with Crippen LogP contribution in [-0.2, 0) is 33.3 Å². The predicted octanol–water partition coefficient (Wildman–Crippen LogP) is 17.3. The fourth-order valence-electron chi connectivity index (χ4n) is 8.95. The second kappa shape index (κ2) is 56.5. The van der Waals surface area contributed by atoms with Crippen LogP contribution in [-0.4, -0.2) is 82.3 Å². The molecule has 0 aliphatic rings. The molecule has 0 N–H and O–H groups in total. The van der Waals surface area contributed by atoms with Gasteiger partial charge in [0.25, 0.3) is 0 Å². The Morgan fingerprint density at radius 1 is 0.405 bits per heavy atom. The smallest absolute Gasteiger partial charge is 0.306 e. The fraction of sp³-hybridized carbons (Fsp3) is 0.831. The minimum atomic E-state index is -1.62. The number of likely N-dealkylation sites (N-methyl/N-ethyl adjacent to an activating group) is 1. The van der Waals surface area contributed by atoms with Crippen molar-refractivity contribution >= 4 is 17.9 Å². The maximum Gasteiger partial charge on any atom is 0.306 e. The number of hydrogen-bond donors (Lipinski definition) is 0. The third kappa shape index (κ3) is 57.0. The number of carboxylic acid groups (broad SMARTS) is 1. The van der Waals surface area contributed by atoms with Crippen LogP contribution in [0.3, 0.4) is 0 Å². The summed E-state index contributed by atoms with van der Waals surface area (Å²) in [5.74, 6) is -2.27. The molecule has 0 heterocycles. The average molecular weight is 1040 g/mol. The molecule has 0 aliphatic carbocycles. The third-order valence-corrected chi connectivity index (χ3v) is 13.8. The third-order valence-electron chi connectivity index (χ3n) is 13.8. The number of rotatable bonds is 58. The number of carbonyl (C=O) groups is 3. The molecule has 432 valence electrons. The zero-order valence-electron chi connectivity index (χ0n) is 49.2. The van der Waals surface area contributed by atoms with E-state index in [4.69, 9.17) is 18.9 Å². The monoisotopic (exact) mass is 1040 g/mol. The van der Waals surface area contributed by atoms with Crippen molar-refractivity contribution in [2.45, 2.75) is 302 Å². The lowest BCUT2D eigenvalue weighted by Crippen LogP contribution is -2.44. The zero-order valence-corrected chi connectivity index (χ0v) is 49.2. The van der Waals surface area contributed by atoms with E-state index in [0.717, 1.165) is 44.9 Å². The van der Waals surface area contributed by atoms with Crippen molar-refractivity contribution in [1.82, 2.24) is 0 Å². The number of carbonyl (C=O) groups excluding carboxylic acids is 3. The van der Waals surface area contributed by atoms with E-state index in [2.05, 4.69) is 62.5 Å². The molecule has 0 radical (unpaired) electrons. The molecule has 0 aromatic rings. The van der Waals surface area contributed by atoms with Gasteiger partial charge in [0.1, 0.15) is 13.2 Å². The van der Waals surface area contributed by atoms with Crippen LogP contribution >= 0.6 is 0 Å². The second-order valence-electron chi connectivity index (χ2n) is 22.3. The van der Waals surface area contributed by atoms with Crippen LogP contribution in [0.5, 0.6) is 0 Å². The Morgan fingerprint density at radius 2 is 0.730 bits per heavy atom. The van der Waals surface area contributed by atoms with Gasteiger partial charge in [0.05, 0.1) is 40.3 Å². The van der Waals surface area contributed by atoms with Crippen LogP contribution in [0.1, 0.15) is 290 Å². The summed E-state index contributed by atoms with van der Waals surface area (Å²) in [7, 11) is 5.93. The lowest BCUT2D eigenvalue weighted by atomic mass is 10.0. The van der Waals surface area contributed by atoms with E-state index >= 15 is 0 Å². The molecule has 0 aliphatic heterocycles. The summed E-state index contributed by atoms with van der Waals surface area (Å²) in [4.78, 5) is 37.3. The topological polar surface area (TPSA) is 111 Å². The van der Waals surface area contributed by atoms with Gasteiger partial charge in [-0.05, 0) is 77.0 Å². The van der Waals surface area contributed by atoms with E-state index in [9.17, 15) is 19.5 Å². The van der Waals surface area contributed by atoms with Gasteiger partial charge in [-0.3, -0.25) is 9.59 Å². The Labute approximate surface area is 457 Å². The molecule has 0 saturated carbocycles. The molecule has 0 aromatic carbocycles. The molecule has 2 atom stereocenters. The van der Waals surface area contributed by atoms with Crippen LogP contribution in [0.15, 0.2) is 48.6 Å². The molecular formula is C65H119NO8. The van der Waals surface area contributed by atoms with Crippen molar-refractivity contribution in [2.75, 3.05) is 47.5 Å². The molecule has 0 saturated heterocycles. The number of aliphatic carboxylic acids is 1. The number of quaternary nitrogens is 1. The highest BCUT2D eigenvalue weighted by Crippen LogP contribution is 2.17. The number of ether oxygens (including phenoxy) is 4. The Kier molecular flexibility index (Phi) is 54.4. The van der Waals surface area contributed by atoms with Gasteiger partial charge in [-0.2, -0.15) is 0 Å². The van der Waals surface area contributed by atoms with Gasteiger partial charge >= 0.3 is 11.9 Å². The first-order chi connectivity index (χ1) is 36.1. The number of allylic oxidation sites excluding steroid dienone is 8. The SMILES string of the molecule is CCCCCCC/C=C\C/C=C\C/C=C\CCCCCCCCCCCCCCCCCCC(=O)OC(COC(=O)CCCCCCCCC/C=C\CCCCCCCCC)COC(OCC[N+](C)(C)C)C(=O)[O-]. The second-order valence-corrected chi connectivity index (χ2v) is 22.3. The van der Waals surface area contributed by atoms with E-state index in [-0.39, 0.29) is 38.6 Å². The average Bonchev–Trinajstić information content (AvgIpc) is 3.37. The summed E-state index contributed by atoms with van der Waals surface area (Å²) in [6.07, 6.45) is 67.4. The van der Waals surface area contributed by atoms with Crippen molar-refractivity contribution in [3.8, 4) is 0 Å². The summed E-state index contributed by atoms with van der Waals surface area (Å²) in [6, 6.07) is 0. The van der Waals surface area contributed by atoms with Crippen molar-refractivity contribution in [3.05, 3.63) is 48.6 Å². The van der Waals surface area contributed by atoms with Gasteiger partial charge in [0.2, 0.25) is 0 Å². The van der Waals surface area contributed by atoms with Crippen LogP contribution in [0.2, 0.25) is 0 Å². The largest absolute Gasteiger partial charge is 0.545 e. The number of carboxylic acids is 1. The van der Waals surface area contributed by atoms with E-state index in [1.165, 1.54) is 212 Å². The van der Waals surface area contributed by atoms with Gasteiger partial charge in [-0.15, -0.1) is 0 Å². The van der Waals surface area contributed by atoms with Gasteiger partial charge < -0.3 is 33.3 Å².